The first-order valence-corrected chi connectivity index (χ1v) is 10.9. The summed E-state index contributed by atoms with van der Waals surface area (Å²) in [6.07, 6.45) is 1.87. The maximum absolute atomic E-state index is 12.9. The van der Waals surface area contributed by atoms with E-state index >= 15 is 0 Å². The Balaban J connectivity index is 2.40. The van der Waals surface area contributed by atoms with Crippen molar-refractivity contribution in [1.82, 2.24) is 9.29 Å². The van der Waals surface area contributed by atoms with Crippen LogP contribution in [0, 0.1) is 20.8 Å². The summed E-state index contributed by atoms with van der Waals surface area (Å²) in [5, 5.41) is 0.908. The zero-order valence-corrected chi connectivity index (χ0v) is 16.8. The first kappa shape index (κ1) is 18.6. The van der Waals surface area contributed by atoms with Gasteiger partial charge in [-0.3, -0.25) is 0 Å². The smallest absolute Gasteiger partial charge is 0.240 e. The van der Waals surface area contributed by atoms with Crippen molar-refractivity contribution in [2.75, 3.05) is 13.1 Å². The molecule has 2 aromatic heterocycles. The molecule has 0 unspecified atom stereocenters. The minimum absolute atomic E-state index is 0.431. The number of thiazole rings is 1. The normalized spacial score (nSPS) is 12.3. The summed E-state index contributed by atoms with van der Waals surface area (Å²) in [4.78, 5) is 7.93. The SMILES string of the molecule is CCCCN(CC)S(=O)(=O)c1cc(-c2nc(C)c(C)s2)sc1C. The highest BCUT2D eigenvalue weighted by Gasteiger charge is 2.27. The molecule has 7 heteroatoms. The molecule has 0 amide bonds. The number of aromatic nitrogens is 1. The molecule has 0 N–H and O–H groups in total. The molecule has 128 valence electrons. The molecule has 0 radical (unpaired) electrons. The molecular formula is C16H24N2O2S3. The maximum Gasteiger partial charge on any atom is 0.244 e. The van der Waals surface area contributed by atoms with Crippen molar-refractivity contribution in [3.05, 3.63) is 21.5 Å². The van der Waals surface area contributed by atoms with Crippen LogP contribution in [0.2, 0.25) is 0 Å². The number of unbranched alkanes of at least 4 members (excludes halogenated alkanes) is 1. The predicted octanol–water partition coefficient (Wildman–Crippen LogP) is 4.61. The fraction of sp³-hybridized carbons (Fsp3) is 0.562. The average Bonchev–Trinajstić information content (AvgIpc) is 3.03. The van der Waals surface area contributed by atoms with Crippen LogP contribution in [-0.4, -0.2) is 30.8 Å². The van der Waals surface area contributed by atoms with E-state index in [2.05, 4.69) is 11.9 Å². The second-order valence-electron chi connectivity index (χ2n) is 5.54. The van der Waals surface area contributed by atoms with Crippen LogP contribution in [0.3, 0.4) is 0 Å². The molecule has 2 rings (SSSR count). The van der Waals surface area contributed by atoms with Crippen molar-refractivity contribution in [2.45, 2.75) is 52.4 Å². The van der Waals surface area contributed by atoms with E-state index in [1.807, 2.05) is 27.7 Å². The Morgan fingerprint density at radius 2 is 1.83 bits per heavy atom. The standard InChI is InChI=1S/C16H24N2O2S3/c1-6-8-9-18(7-2)23(19,20)15-10-14(21-13(15)5)16-17-11(3)12(4)22-16/h10H,6-9H2,1-5H3. The Labute approximate surface area is 147 Å². The van der Waals surface area contributed by atoms with Crippen molar-refractivity contribution in [2.24, 2.45) is 0 Å². The lowest BCUT2D eigenvalue weighted by Crippen LogP contribution is -2.31. The van der Waals surface area contributed by atoms with Crippen molar-refractivity contribution >= 4 is 32.7 Å². The molecule has 23 heavy (non-hydrogen) atoms. The molecule has 2 heterocycles. The fourth-order valence-electron chi connectivity index (χ4n) is 2.33. The van der Waals surface area contributed by atoms with Gasteiger partial charge >= 0.3 is 0 Å². The van der Waals surface area contributed by atoms with Gasteiger partial charge in [0.05, 0.1) is 15.5 Å². The van der Waals surface area contributed by atoms with Crippen LogP contribution in [0.25, 0.3) is 9.88 Å². The molecule has 0 saturated heterocycles. The number of sulfonamides is 1. The van der Waals surface area contributed by atoms with Crippen LogP contribution in [0.4, 0.5) is 0 Å². The van der Waals surface area contributed by atoms with Gasteiger partial charge in [-0.2, -0.15) is 4.31 Å². The van der Waals surface area contributed by atoms with Gasteiger partial charge in [-0.05, 0) is 33.3 Å². The van der Waals surface area contributed by atoms with Gasteiger partial charge in [-0.25, -0.2) is 13.4 Å². The summed E-state index contributed by atoms with van der Waals surface area (Å²) < 4.78 is 27.4. The summed E-state index contributed by atoms with van der Waals surface area (Å²) in [6, 6.07) is 1.79. The minimum Gasteiger partial charge on any atom is -0.240 e. The van der Waals surface area contributed by atoms with E-state index in [1.165, 1.54) is 16.2 Å². The molecule has 0 aliphatic heterocycles. The fourth-order valence-corrected chi connectivity index (χ4v) is 6.33. The lowest BCUT2D eigenvalue weighted by Gasteiger charge is -2.19. The molecule has 0 saturated carbocycles. The number of thiophene rings is 1. The summed E-state index contributed by atoms with van der Waals surface area (Å²) in [5.74, 6) is 0. The predicted molar refractivity (Wildman–Crippen MR) is 99.0 cm³/mol. The van der Waals surface area contributed by atoms with E-state index < -0.39 is 10.0 Å². The Morgan fingerprint density at radius 3 is 2.35 bits per heavy atom. The highest BCUT2D eigenvalue weighted by molar-refractivity contribution is 7.89. The lowest BCUT2D eigenvalue weighted by molar-refractivity contribution is 0.419. The van der Waals surface area contributed by atoms with E-state index in [9.17, 15) is 8.42 Å². The maximum atomic E-state index is 12.9. The Bertz CT molecular complexity index is 756. The van der Waals surface area contributed by atoms with Gasteiger partial charge < -0.3 is 0 Å². The van der Waals surface area contributed by atoms with Crippen LogP contribution in [0.15, 0.2) is 11.0 Å². The molecule has 0 aromatic carbocycles. The van der Waals surface area contributed by atoms with E-state index in [-0.39, 0.29) is 0 Å². The summed E-state index contributed by atoms with van der Waals surface area (Å²) >= 11 is 3.13. The topological polar surface area (TPSA) is 50.3 Å². The first-order chi connectivity index (χ1) is 10.8. The van der Waals surface area contributed by atoms with Gasteiger partial charge in [0, 0.05) is 22.8 Å². The van der Waals surface area contributed by atoms with E-state index in [1.54, 1.807) is 21.7 Å². The molecule has 2 aromatic rings. The third kappa shape index (κ3) is 3.84. The zero-order chi connectivity index (χ0) is 17.2. The second-order valence-corrected chi connectivity index (χ2v) is 9.91. The van der Waals surface area contributed by atoms with Crippen molar-refractivity contribution < 1.29 is 8.42 Å². The molecule has 0 fully saturated rings. The van der Waals surface area contributed by atoms with Gasteiger partial charge in [0.2, 0.25) is 10.0 Å². The lowest BCUT2D eigenvalue weighted by atomic mass is 10.3. The number of nitrogens with zero attached hydrogens (tertiary/aromatic N) is 2. The Kier molecular flexibility index (Phi) is 5.99. The van der Waals surface area contributed by atoms with E-state index in [4.69, 9.17) is 0 Å². The van der Waals surface area contributed by atoms with Crippen LogP contribution in [0.1, 0.15) is 42.1 Å². The van der Waals surface area contributed by atoms with Crippen LogP contribution < -0.4 is 0 Å². The average molecular weight is 373 g/mol. The Morgan fingerprint density at radius 1 is 1.13 bits per heavy atom. The molecule has 0 aliphatic rings. The van der Waals surface area contributed by atoms with Gasteiger partial charge in [0.15, 0.2) is 0 Å². The summed E-state index contributed by atoms with van der Waals surface area (Å²) in [5.41, 5.74) is 1.01. The minimum atomic E-state index is -3.42. The molecule has 0 atom stereocenters. The summed E-state index contributed by atoms with van der Waals surface area (Å²) in [6.45, 7) is 10.9. The zero-order valence-electron chi connectivity index (χ0n) is 14.3. The largest absolute Gasteiger partial charge is 0.244 e. The summed E-state index contributed by atoms with van der Waals surface area (Å²) in [7, 11) is -3.42. The van der Waals surface area contributed by atoms with E-state index in [0.29, 0.717) is 18.0 Å². The Hall–Kier alpha value is -0.760. The van der Waals surface area contributed by atoms with Gasteiger partial charge in [0.25, 0.3) is 0 Å². The second kappa shape index (κ2) is 7.42. The first-order valence-electron chi connectivity index (χ1n) is 7.86. The third-order valence-electron chi connectivity index (χ3n) is 3.84. The molecule has 0 aliphatic carbocycles. The van der Waals surface area contributed by atoms with Crippen LogP contribution in [-0.2, 0) is 10.0 Å². The van der Waals surface area contributed by atoms with Crippen LogP contribution in [0.5, 0.6) is 0 Å². The van der Waals surface area contributed by atoms with Gasteiger partial charge in [-0.1, -0.05) is 20.3 Å². The monoisotopic (exact) mass is 372 g/mol. The quantitative estimate of drug-likeness (QED) is 0.713. The number of hydrogen-bond acceptors (Lipinski definition) is 5. The highest BCUT2D eigenvalue weighted by atomic mass is 32.2. The van der Waals surface area contributed by atoms with Gasteiger partial charge in [-0.15, -0.1) is 22.7 Å². The van der Waals surface area contributed by atoms with Crippen molar-refractivity contribution in [3.8, 4) is 9.88 Å². The van der Waals surface area contributed by atoms with Gasteiger partial charge in [0.1, 0.15) is 5.01 Å². The molecule has 0 spiro atoms. The van der Waals surface area contributed by atoms with Crippen molar-refractivity contribution in [1.29, 1.82) is 0 Å². The van der Waals surface area contributed by atoms with E-state index in [0.717, 1.165) is 33.3 Å². The highest BCUT2D eigenvalue weighted by Crippen LogP contribution is 2.37. The molecule has 4 nitrogen and oxygen atoms in total. The number of rotatable bonds is 7. The van der Waals surface area contributed by atoms with Crippen LogP contribution >= 0.6 is 22.7 Å². The third-order valence-corrected chi connectivity index (χ3v) is 8.37. The number of hydrogen-bond donors (Lipinski definition) is 0. The number of aryl methyl sites for hydroxylation is 3. The van der Waals surface area contributed by atoms with Crippen molar-refractivity contribution in [3.63, 3.8) is 0 Å². The molecule has 0 bridgehead atoms. The molecular weight excluding hydrogens is 348 g/mol.